The minimum atomic E-state index is 0.0793. The quantitative estimate of drug-likeness (QED) is 0.811. The van der Waals surface area contributed by atoms with E-state index in [1.54, 1.807) is 0 Å². The minimum Gasteiger partial charge on any atom is -0.309 e. The van der Waals surface area contributed by atoms with Crippen LogP contribution in [0, 0.1) is 5.41 Å². The van der Waals surface area contributed by atoms with E-state index in [0.29, 0.717) is 6.04 Å². The summed E-state index contributed by atoms with van der Waals surface area (Å²) in [5.41, 5.74) is 2.93. The molecule has 0 bridgehead atoms. The molecule has 1 aliphatic heterocycles. The molecule has 0 saturated carbocycles. The Morgan fingerprint density at radius 1 is 1.50 bits per heavy atom. The van der Waals surface area contributed by atoms with Gasteiger partial charge in [0.2, 0.25) is 0 Å². The summed E-state index contributed by atoms with van der Waals surface area (Å²) in [6.07, 6.45) is 3.14. The van der Waals surface area contributed by atoms with E-state index in [-0.39, 0.29) is 5.41 Å². The summed E-state index contributed by atoms with van der Waals surface area (Å²) in [7, 11) is 0. The highest BCUT2D eigenvalue weighted by Gasteiger charge is 2.31. The monoisotopic (exact) mass is 279 g/mol. The van der Waals surface area contributed by atoms with Crippen LogP contribution in [-0.2, 0) is 6.42 Å². The van der Waals surface area contributed by atoms with Crippen LogP contribution in [0.3, 0.4) is 0 Å². The van der Waals surface area contributed by atoms with Crippen molar-refractivity contribution in [2.75, 3.05) is 6.54 Å². The Morgan fingerprint density at radius 3 is 2.94 bits per heavy atom. The molecule has 2 heteroatoms. The van der Waals surface area contributed by atoms with Gasteiger partial charge < -0.3 is 5.32 Å². The van der Waals surface area contributed by atoms with Crippen molar-refractivity contribution in [2.24, 2.45) is 5.41 Å². The van der Waals surface area contributed by atoms with Gasteiger partial charge in [0, 0.05) is 15.9 Å². The molecule has 0 aliphatic carbocycles. The van der Waals surface area contributed by atoms with E-state index in [2.05, 4.69) is 59.9 Å². The van der Waals surface area contributed by atoms with Gasteiger partial charge >= 0.3 is 0 Å². The Bertz CT molecular complexity index is 409. The standard InChI is InChI=1S/C14H18BrN/c1-4-14(2,3)13-11-6-5-7-12(15)10(11)8-9-16-13/h4-7,13,16H,1,8-9H2,2-3H3/t13-/m0/s1. The van der Waals surface area contributed by atoms with E-state index in [9.17, 15) is 0 Å². The summed E-state index contributed by atoms with van der Waals surface area (Å²) in [4.78, 5) is 0. The summed E-state index contributed by atoms with van der Waals surface area (Å²) in [5, 5.41) is 3.60. The first-order valence-corrected chi connectivity index (χ1v) is 6.50. The minimum absolute atomic E-state index is 0.0793. The zero-order valence-electron chi connectivity index (χ0n) is 9.89. The molecule has 1 aromatic carbocycles. The number of hydrogen-bond donors (Lipinski definition) is 1. The lowest BCUT2D eigenvalue weighted by atomic mass is 9.77. The molecule has 16 heavy (non-hydrogen) atoms. The third kappa shape index (κ3) is 1.96. The van der Waals surface area contributed by atoms with Crippen LogP contribution in [0.15, 0.2) is 35.3 Å². The smallest absolute Gasteiger partial charge is 0.0410 e. The van der Waals surface area contributed by atoms with Gasteiger partial charge in [-0.3, -0.25) is 0 Å². The average molecular weight is 280 g/mol. The van der Waals surface area contributed by atoms with Gasteiger partial charge in [-0.25, -0.2) is 0 Å². The van der Waals surface area contributed by atoms with Crippen LogP contribution in [0.1, 0.15) is 31.0 Å². The van der Waals surface area contributed by atoms with E-state index in [0.717, 1.165) is 13.0 Å². The average Bonchev–Trinajstić information content (AvgIpc) is 2.29. The van der Waals surface area contributed by atoms with Crippen LogP contribution in [-0.4, -0.2) is 6.54 Å². The summed E-state index contributed by atoms with van der Waals surface area (Å²) < 4.78 is 1.23. The van der Waals surface area contributed by atoms with Crippen molar-refractivity contribution in [2.45, 2.75) is 26.3 Å². The molecular formula is C14H18BrN. The molecule has 0 spiro atoms. The van der Waals surface area contributed by atoms with E-state index >= 15 is 0 Å². The predicted molar refractivity (Wildman–Crippen MR) is 72.6 cm³/mol. The number of rotatable bonds is 2. The third-order valence-corrected chi connectivity index (χ3v) is 4.20. The van der Waals surface area contributed by atoms with Crippen LogP contribution in [0.25, 0.3) is 0 Å². The lowest BCUT2D eigenvalue weighted by molar-refractivity contribution is 0.304. The molecule has 1 aliphatic rings. The molecule has 0 saturated heterocycles. The van der Waals surface area contributed by atoms with Crippen LogP contribution in [0.5, 0.6) is 0 Å². The maximum absolute atomic E-state index is 3.95. The van der Waals surface area contributed by atoms with Crippen molar-refractivity contribution >= 4 is 15.9 Å². The van der Waals surface area contributed by atoms with Crippen molar-refractivity contribution in [3.05, 3.63) is 46.5 Å². The first kappa shape index (κ1) is 11.9. The van der Waals surface area contributed by atoms with Gasteiger partial charge in [-0.2, -0.15) is 0 Å². The Morgan fingerprint density at radius 2 is 2.25 bits per heavy atom. The molecule has 1 N–H and O–H groups in total. The van der Waals surface area contributed by atoms with Gasteiger partial charge in [-0.15, -0.1) is 6.58 Å². The molecule has 2 rings (SSSR count). The van der Waals surface area contributed by atoms with Crippen molar-refractivity contribution in [1.29, 1.82) is 0 Å². The molecule has 1 aromatic rings. The lowest BCUT2D eigenvalue weighted by Crippen LogP contribution is -2.38. The first-order valence-electron chi connectivity index (χ1n) is 5.70. The highest BCUT2D eigenvalue weighted by molar-refractivity contribution is 9.10. The number of halogens is 1. The summed E-state index contributed by atoms with van der Waals surface area (Å²) in [5.74, 6) is 0. The SMILES string of the molecule is C=CC(C)(C)[C@H]1NCCc2c(Br)cccc21. The van der Waals surface area contributed by atoms with Gasteiger partial charge in [0.15, 0.2) is 0 Å². The van der Waals surface area contributed by atoms with Crippen molar-refractivity contribution in [3.63, 3.8) is 0 Å². The maximum atomic E-state index is 3.95. The second kappa shape index (κ2) is 4.34. The predicted octanol–water partition coefficient (Wildman–Crippen LogP) is 3.85. The van der Waals surface area contributed by atoms with Gasteiger partial charge in [-0.1, -0.05) is 48.0 Å². The van der Waals surface area contributed by atoms with E-state index < -0.39 is 0 Å². The highest BCUT2D eigenvalue weighted by Crippen LogP contribution is 2.39. The number of nitrogens with one attached hydrogen (secondary N) is 1. The van der Waals surface area contributed by atoms with Crippen molar-refractivity contribution in [3.8, 4) is 0 Å². The number of hydrogen-bond acceptors (Lipinski definition) is 1. The van der Waals surface area contributed by atoms with E-state index in [1.807, 2.05) is 6.08 Å². The Kier molecular flexibility index (Phi) is 3.22. The zero-order valence-corrected chi connectivity index (χ0v) is 11.5. The molecule has 0 radical (unpaired) electrons. The molecule has 0 amide bonds. The van der Waals surface area contributed by atoms with Crippen LogP contribution in [0.2, 0.25) is 0 Å². The van der Waals surface area contributed by atoms with Gasteiger partial charge in [0.25, 0.3) is 0 Å². The van der Waals surface area contributed by atoms with Crippen molar-refractivity contribution in [1.82, 2.24) is 5.32 Å². The van der Waals surface area contributed by atoms with Crippen LogP contribution < -0.4 is 5.32 Å². The molecule has 1 nitrogen and oxygen atoms in total. The molecule has 1 heterocycles. The molecule has 1 atom stereocenters. The van der Waals surface area contributed by atoms with Crippen LogP contribution in [0.4, 0.5) is 0 Å². The number of fused-ring (bicyclic) bond motifs is 1. The lowest BCUT2D eigenvalue weighted by Gasteiger charge is -2.37. The summed E-state index contributed by atoms with van der Waals surface area (Å²) >= 11 is 3.64. The normalized spacial score (nSPS) is 20.3. The van der Waals surface area contributed by atoms with Gasteiger partial charge in [-0.05, 0) is 30.2 Å². The van der Waals surface area contributed by atoms with E-state index in [1.165, 1.54) is 15.6 Å². The topological polar surface area (TPSA) is 12.0 Å². The second-order valence-electron chi connectivity index (χ2n) is 4.97. The van der Waals surface area contributed by atoms with E-state index in [4.69, 9.17) is 0 Å². The second-order valence-corrected chi connectivity index (χ2v) is 5.82. The maximum Gasteiger partial charge on any atom is 0.0410 e. The van der Waals surface area contributed by atoms with Crippen LogP contribution >= 0.6 is 15.9 Å². The fourth-order valence-electron chi connectivity index (χ4n) is 2.34. The molecule has 0 aromatic heterocycles. The Hall–Kier alpha value is -0.600. The molecule has 0 fully saturated rings. The van der Waals surface area contributed by atoms with Gasteiger partial charge in [0.05, 0.1) is 0 Å². The Labute approximate surface area is 106 Å². The molecule has 86 valence electrons. The fourth-order valence-corrected chi connectivity index (χ4v) is 2.92. The summed E-state index contributed by atoms with van der Waals surface area (Å²) in [6.45, 7) is 9.45. The van der Waals surface area contributed by atoms with Crippen molar-refractivity contribution < 1.29 is 0 Å². The third-order valence-electron chi connectivity index (χ3n) is 3.46. The fraction of sp³-hybridized carbons (Fsp3) is 0.429. The Balaban J connectivity index is 2.48. The number of benzene rings is 1. The molecule has 0 unspecified atom stereocenters. The molecular weight excluding hydrogens is 262 g/mol. The van der Waals surface area contributed by atoms with Gasteiger partial charge in [0.1, 0.15) is 0 Å². The first-order chi connectivity index (χ1) is 7.56. The largest absolute Gasteiger partial charge is 0.309 e. The zero-order chi connectivity index (χ0) is 11.8. The highest BCUT2D eigenvalue weighted by atomic mass is 79.9. The summed E-state index contributed by atoms with van der Waals surface area (Å²) in [6, 6.07) is 6.83.